The Hall–Kier alpha value is -0.220. The molecule has 1 rings (SSSR count). The fourth-order valence-corrected chi connectivity index (χ4v) is 3.15. The SMILES string of the molecule is CCN(CC)CCS[C@H]1CCCCNC1=O. The highest BCUT2D eigenvalue weighted by molar-refractivity contribution is 8.00. The van der Waals surface area contributed by atoms with Crippen LogP contribution in [0.5, 0.6) is 0 Å². The predicted octanol–water partition coefficient (Wildman–Crippen LogP) is 1.73. The zero-order valence-corrected chi connectivity index (χ0v) is 11.3. The minimum atomic E-state index is 0.193. The standard InChI is InChI=1S/C12H24N2OS/c1-3-14(4-2)9-10-16-11-7-5-6-8-13-12(11)15/h11H,3-10H2,1-2H3,(H,13,15)/t11-/m0/s1. The first-order valence-electron chi connectivity index (χ1n) is 6.39. The summed E-state index contributed by atoms with van der Waals surface area (Å²) in [6.45, 7) is 8.55. The minimum Gasteiger partial charge on any atom is -0.355 e. The van der Waals surface area contributed by atoms with Crippen LogP contribution in [0.15, 0.2) is 0 Å². The molecule has 3 nitrogen and oxygen atoms in total. The van der Waals surface area contributed by atoms with Gasteiger partial charge in [-0.1, -0.05) is 20.3 Å². The fourth-order valence-electron chi connectivity index (χ4n) is 1.93. The number of thioether (sulfide) groups is 1. The molecule has 0 aliphatic carbocycles. The fraction of sp³-hybridized carbons (Fsp3) is 0.917. The first-order valence-corrected chi connectivity index (χ1v) is 7.44. The molecule has 1 N–H and O–H groups in total. The van der Waals surface area contributed by atoms with E-state index < -0.39 is 0 Å². The van der Waals surface area contributed by atoms with Crippen molar-refractivity contribution in [2.75, 3.05) is 31.9 Å². The topological polar surface area (TPSA) is 32.3 Å². The van der Waals surface area contributed by atoms with E-state index in [4.69, 9.17) is 0 Å². The summed E-state index contributed by atoms with van der Waals surface area (Å²) in [7, 11) is 0. The summed E-state index contributed by atoms with van der Waals surface area (Å²) in [5.41, 5.74) is 0. The maximum absolute atomic E-state index is 11.7. The first-order chi connectivity index (χ1) is 7.77. The number of carbonyl (C=O) groups excluding carboxylic acids is 1. The van der Waals surface area contributed by atoms with Crippen LogP contribution in [0.25, 0.3) is 0 Å². The molecule has 1 aliphatic heterocycles. The molecule has 0 aromatic heterocycles. The van der Waals surface area contributed by atoms with Gasteiger partial charge in [-0.05, 0) is 25.9 Å². The second kappa shape index (κ2) is 7.96. The molecule has 94 valence electrons. The smallest absolute Gasteiger partial charge is 0.233 e. The largest absolute Gasteiger partial charge is 0.355 e. The zero-order chi connectivity index (χ0) is 11.8. The number of nitrogens with one attached hydrogen (secondary N) is 1. The minimum absolute atomic E-state index is 0.193. The molecule has 1 fully saturated rings. The van der Waals surface area contributed by atoms with E-state index in [1.54, 1.807) is 0 Å². The highest BCUT2D eigenvalue weighted by Crippen LogP contribution is 2.19. The van der Waals surface area contributed by atoms with Gasteiger partial charge in [0.1, 0.15) is 0 Å². The highest BCUT2D eigenvalue weighted by atomic mass is 32.2. The Morgan fingerprint density at radius 3 is 2.81 bits per heavy atom. The van der Waals surface area contributed by atoms with Gasteiger partial charge >= 0.3 is 0 Å². The Bertz CT molecular complexity index is 207. The number of carbonyl (C=O) groups is 1. The quantitative estimate of drug-likeness (QED) is 0.772. The van der Waals surface area contributed by atoms with Gasteiger partial charge in [0.25, 0.3) is 0 Å². The Morgan fingerprint density at radius 1 is 1.38 bits per heavy atom. The van der Waals surface area contributed by atoms with Gasteiger partial charge in [0, 0.05) is 18.8 Å². The van der Waals surface area contributed by atoms with E-state index in [0.29, 0.717) is 0 Å². The molecule has 0 saturated carbocycles. The molecule has 1 saturated heterocycles. The van der Waals surface area contributed by atoms with Crippen LogP contribution >= 0.6 is 11.8 Å². The van der Waals surface area contributed by atoms with Crippen LogP contribution in [0.2, 0.25) is 0 Å². The van der Waals surface area contributed by atoms with Crippen LogP contribution in [0.3, 0.4) is 0 Å². The van der Waals surface area contributed by atoms with Gasteiger partial charge in [-0.2, -0.15) is 0 Å². The highest BCUT2D eigenvalue weighted by Gasteiger charge is 2.20. The average molecular weight is 244 g/mol. The van der Waals surface area contributed by atoms with Crippen molar-refractivity contribution in [2.24, 2.45) is 0 Å². The summed E-state index contributed by atoms with van der Waals surface area (Å²) in [6, 6.07) is 0. The summed E-state index contributed by atoms with van der Waals surface area (Å²) in [5, 5.41) is 3.18. The average Bonchev–Trinajstić information content (AvgIpc) is 2.50. The van der Waals surface area contributed by atoms with Gasteiger partial charge in [-0.25, -0.2) is 0 Å². The van der Waals surface area contributed by atoms with Crippen LogP contribution in [0.4, 0.5) is 0 Å². The molecular formula is C12H24N2OS. The van der Waals surface area contributed by atoms with Crippen molar-refractivity contribution < 1.29 is 4.79 Å². The summed E-state index contributed by atoms with van der Waals surface area (Å²) in [5.74, 6) is 1.32. The van der Waals surface area contributed by atoms with Gasteiger partial charge in [-0.3, -0.25) is 4.79 Å². The molecule has 1 aliphatic rings. The van der Waals surface area contributed by atoms with E-state index in [1.807, 2.05) is 11.8 Å². The maximum atomic E-state index is 11.7. The molecule has 0 aromatic carbocycles. The summed E-state index contributed by atoms with van der Waals surface area (Å²) >= 11 is 1.82. The van der Waals surface area contributed by atoms with Crippen molar-refractivity contribution in [1.82, 2.24) is 10.2 Å². The molecule has 16 heavy (non-hydrogen) atoms. The molecule has 1 amide bonds. The zero-order valence-electron chi connectivity index (χ0n) is 10.5. The van der Waals surface area contributed by atoms with Crippen LogP contribution in [0, 0.1) is 0 Å². The van der Waals surface area contributed by atoms with Crippen molar-refractivity contribution in [2.45, 2.75) is 38.4 Å². The second-order valence-corrected chi connectivity index (χ2v) is 5.48. The van der Waals surface area contributed by atoms with E-state index in [0.717, 1.165) is 44.8 Å². The van der Waals surface area contributed by atoms with Gasteiger partial charge in [0.05, 0.1) is 5.25 Å². The summed E-state index contributed by atoms with van der Waals surface area (Å²) in [6.07, 6.45) is 3.37. The molecule has 0 spiro atoms. The van der Waals surface area contributed by atoms with Crippen LogP contribution in [-0.4, -0.2) is 48.0 Å². The Kier molecular flexibility index (Phi) is 6.88. The first kappa shape index (κ1) is 13.8. The second-order valence-electron chi connectivity index (χ2n) is 4.17. The van der Waals surface area contributed by atoms with E-state index in [2.05, 4.69) is 24.1 Å². The van der Waals surface area contributed by atoms with Crippen LogP contribution in [-0.2, 0) is 4.79 Å². The van der Waals surface area contributed by atoms with Gasteiger partial charge < -0.3 is 10.2 Å². The normalized spacial score (nSPS) is 21.9. The Balaban J connectivity index is 2.22. The molecule has 0 aromatic rings. The molecule has 0 bridgehead atoms. The maximum Gasteiger partial charge on any atom is 0.233 e. The molecule has 0 radical (unpaired) electrons. The monoisotopic (exact) mass is 244 g/mol. The van der Waals surface area contributed by atoms with Crippen LogP contribution < -0.4 is 5.32 Å². The summed E-state index contributed by atoms with van der Waals surface area (Å²) < 4.78 is 0. The van der Waals surface area contributed by atoms with E-state index >= 15 is 0 Å². The third kappa shape index (κ3) is 4.74. The third-order valence-corrected chi connectivity index (χ3v) is 4.38. The Labute approximate surface area is 103 Å². The van der Waals surface area contributed by atoms with Crippen LogP contribution in [0.1, 0.15) is 33.1 Å². The predicted molar refractivity (Wildman–Crippen MR) is 70.9 cm³/mol. The van der Waals surface area contributed by atoms with Crippen molar-refractivity contribution >= 4 is 17.7 Å². The molecule has 1 atom stereocenters. The van der Waals surface area contributed by atoms with E-state index in [-0.39, 0.29) is 11.2 Å². The summed E-state index contributed by atoms with van der Waals surface area (Å²) in [4.78, 5) is 14.1. The number of hydrogen-bond donors (Lipinski definition) is 1. The molecule has 4 heteroatoms. The lowest BCUT2D eigenvalue weighted by molar-refractivity contribution is -0.120. The molecule has 1 heterocycles. The number of nitrogens with zero attached hydrogens (tertiary/aromatic N) is 1. The van der Waals surface area contributed by atoms with Crippen molar-refractivity contribution in [3.8, 4) is 0 Å². The van der Waals surface area contributed by atoms with Crippen molar-refractivity contribution in [3.05, 3.63) is 0 Å². The molecular weight excluding hydrogens is 220 g/mol. The lowest BCUT2D eigenvalue weighted by Gasteiger charge is -2.19. The van der Waals surface area contributed by atoms with Gasteiger partial charge in [0.15, 0.2) is 0 Å². The number of rotatable bonds is 6. The number of amides is 1. The Morgan fingerprint density at radius 2 is 2.12 bits per heavy atom. The lowest BCUT2D eigenvalue weighted by Crippen LogP contribution is -2.32. The van der Waals surface area contributed by atoms with Gasteiger partial charge in [0.2, 0.25) is 5.91 Å². The molecule has 0 unspecified atom stereocenters. The van der Waals surface area contributed by atoms with Crippen molar-refractivity contribution in [3.63, 3.8) is 0 Å². The van der Waals surface area contributed by atoms with Gasteiger partial charge in [-0.15, -0.1) is 11.8 Å². The van der Waals surface area contributed by atoms with E-state index in [9.17, 15) is 4.79 Å². The third-order valence-electron chi connectivity index (χ3n) is 3.11. The van der Waals surface area contributed by atoms with E-state index in [1.165, 1.54) is 6.42 Å². The van der Waals surface area contributed by atoms with Crippen molar-refractivity contribution in [1.29, 1.82) is 0 Å². The lowest BCUT2D eigenvalue weighted by atomic mass is 10.2. The number of hydrogen-bond acceptors (Lipinski definition) is 3.